The van der Waals surface area contributed by atoms with Crippen molar-refractivity contribution in [2.45, 2.75) is 46.0 Å². The van der Waals surface area contributed by atoms with Gasteiger partial charge < -0.3 is 18.9 Å². The van der Waals surface area contributed by atoms with Crippen LogP contribution in [0.1, 0.15) is 46.0 Å². The smallest absolute Gasteiger partial charge is 0.308 e. The number of esters is 4. The lowest BCUT2D eigenvalue weighted by Gasteiger charge is -2.11. The van der Waals surface area contributed by atoms with E-state index in [1.54, 1.807) is 0 Å². The van der Waals surface area contributed by atoms with Crippen LogP contribution < -0.4 is 0 Å². The van der Waals surface area contributed by atoms with Gasteiger partial charge in [-0.05, 0) is 19.3 Å². The summed E-state index contributed by atoms with van der Waals surface area (Å²) >= 11 is 9.74. The second kappa shape index (κ2) is 31.8. The lowest BCUT2D eigenvalue weighted by atomic mass is 9.99. The van der Waals surface area contributed by atoms with Crippen LogP contribution in [-0.4, -0.2) is 68.3 Å². The molecule has 0 aliphatic carbocycles. The van der Waals surface area contributed by atoms with E-state index in [9.17, 15) is 19.2 Å². The van der Waals surface area contributed by atoms with Crippen molar-refractivity contribution in [3.05, 3.63) is 24.3 Å². The second-order valence-corrected chi connectivity index (χ2v) is 7.92. The Morgan fingerprint density at radius 3 is 1.38 bits per heavy atom. The van der Waals surface area contributed by atoms with E-state index >= 15 is 0 Å². The molecular formula is C23H39Br3O8. The molecule has 8 nitrogen and oxygen atoms in total. The number of hydrogen-bond donors (Lipinski definition) is 0. The van der Waals surface area contributed by atoms with Crippen molar-refractivity contribution in [2.75, 3.05) is 44.4 Å². The highest BCUT2D eigenvalue weighted by atomic mass is 79.9. The molecule has 0 aromatic rings. The molecule has 1 atom stereocenters. The van der Waals surface area contributed by atoms with E-state index in [-0.39, 0.29) is 56.5 Å². The summed E-state index contributed by atoms with van der Waals surface area (Å²) in [4.78, 5) is 43.4. The molecule has 34 heavy (non-hydrogen) atoms. The molecule has 11 heteroatoms. The lowest BCUT2D eigenvalue weighted by Crippen LogP contribution is -2.17. The number of halogens is 3. The Hall–Kier alpha value is -1.20. The fourth-order valence-corrected chi connectivity index (χ4v) is 2.72. The Morgan fingerprint density at radius 1 is 0.647 bits per heavy atom. The molecule has 0 saturated carbocycles. The SMILES string of the molecule is BrC/C=C/CBr.C.COC(=O)CCC(C/C=C/CBr)C(=O)OC.COC(=O)CCCC(=O)OC. The maximum absolute atomic E-state index is 11.4. The summed E-state index contributed by atoms with van der Waals surface area (Å²) in [7, 11) is 5.32. The van der Waals surface area contributed by atoms with E-state index in [2.05, 4.69) is 78.9 Å². The zero-order valence-electron chi connectivity index (χ0n) is 19.7. The molecule has 0 aromatic heterocycles. The standard InChI is InChI=1S/C11H17BrO4.C7H12O4.C4H6Br2.CH4/c1-15-10(13)7-6-9(11(14)16-2)5-3-4-8-12;1-10-6(8)4-3-5-7(9)11-2;5-3-1-2-4-6;/h3-4,9H,5-8H2,1-2H3;3-5H2,1-2H3;1-2H,3-4H2;1H4/b4-3+;;2-1+;. The van der Waals surface area contributed by atoms with Gasteiger partial charge in [0.2, 0.25) is 0 Å². The van der Waals surface area contributed by atoms with E-state index in [4.69, 9.17) is 0 Å². The molecule has 0 saturated heterocycles. The molecule has 0 bridgehead atoms. The molecule has 0 aromatic carbocycles. The monoisotopic (exact) mass is 680 g/mol. The largest absolute Gasteiger partial charge is 0.469 e. The molecule has 0 spiro atoms. The van der Waals surface area contributed by atoms with Crippen molar-refractivity contribution in [1.29, 1.82) is 0 Å². The van der Waals surface area contributed by atoms with Gasteiger partial charge in [-0.25, -0.2) is 0 Å². The maximum atomic E-state index is 11.4. The topological polar surface area (TPSA) is 105 Å². The molecule has 0 N–H and O–H groups in total. The van der Waals surface area contributed by atoms with Crippen molar-refractivity contribution in [1.82, 2.24) is 0 Å². The minimum Gasteiger partial charge on any atom is -0.469 e. The highest BCUT2D eigenvalue weighted by Gasteiger charge is 2.19. The number of methoxy groups -OCH3 is 4. The molecule has 1 unspecified atom stereocenters. The van der Waals surface area contributed by atoms with Gasteiger partial charge in [0.1, 0.15) is 0 Å². The highest BCUT2D eigenvalue weighted by molar-refractivity contribution is 9.09. The van der Waals surface area contributed by atoms with E-state index in [0.29, 0.717) is 19.3 Å². The molecule has 0 aliphatic rings. The Labute approximate surface area is 229 Å². The van der Waals surface area contributed by atoms with Crippen LogP contribution >= 0.6 is 47.8 Å². The third-order valence-electron chi connectivity index (χ3n) is 3.70. The van der Waals surface area contributed by atoms with Crippen LogP contribution in [0.25, 0.3) is 0 Å². The van der Waals surface area contributed by atoms with E-state index in [1.165, 1.54) is 28.4 Å². The van der Waals surface area contributed by atoms with Crippen LogP contribution in [-0.2, 0) is 38.1 Å². The van der Waals surface area contributed by atoms with Gasteiger partial charge in [-0.15, -0.1) is 0 Å². The first-order chi connectivity index (χ1) is 15.8. The average Bonchev–Trinajstić information content (AvgIpc) is 2.84. The van der Waals surface area contributed by atoms with E-state index < -0.39 is 0 Å². The number of allylic oxidation sites excluding steroid dienone is 4. The second-order valence-electron chi connectivity index (χ2n) is 5.98. The number of rotatable bonds is 13. The number of hydrogen-bond acceptors (Lipinski definition) is 8. The third kappa shape index (κ3) is 30.8. The molecule has 200 valence electrons. The van der Waals surface area contributed by atoms with Crippen LogP contribution in [0.5, 0.6) is 0 Å². The summed E-state index contributed by atoms with van der Waals surface area (Å²) in [5.41, 5.74) is 0. The van der Waals surface area contributed by atoms with Gasteiger partial charge in [0.15, 0.2) is 0 Å². The summed E-state index contributed by atoms with van der Waals surface area (Å²) < 4.78 is 17.9. The Balaban J connectivity index is -0.000000217. The van der Waals surface area contributed by atoms with Crippen molar-refractivity contribution < 1.29 is 38.1 Å². The van der Waals surface area contributed by atoms with Crippen LogP contribution in [0.3, 0.4) is 0 Å². The lowest BCUT2D eigenvalue weighted by molar-refractivity contribution is -0.147. The zero-order chi connectivity index (χ0) is 25.9. The van der Waals surface area contributed by atoms with Gasteiger partial charge in [-0.2, -0.15) is 0 Å². The van der Waals surface area contributed by atoms with Crippen molar-refractivity contribution in [3.63, 3.8) is 0 Å². The van der Waals surface area contributed by atoms with Gasteiger partial charge in [0.25, 0.3) is 0 Å². The molecular weight excluding hydrogens is 644 g/mol. The van der Waals surface area contributed by atoms with Gasteiger partial charge in [-0.3, -0.25) is 19.2 Å². The Kier molecular flexibility index (Phi) is 37.4. The first kappa shape index (κ1) is 40.0. The number of carbonyl (C=O) groups excluding carboxylic acids is 4. The van der Waals surface area contributed by atoms with Crippen LogP contribution in [0.15, 0.2) is 24.3 Å². The third-order valence-corrected chi connectivity index (χ3v) is 4.82. The summed E-state index contributed by atoms with van der Waals surface area (Å²) in [6.07, 6.45) is 10.2. The van der Waals surface area contributed by atoms with Crippen molar-refractivity contribution in [2.24, 2.45) is 5.92 Å². The predicted molar refractivity (Wildman–Crippen MR) is 146 cm³/mol. The Morgan fingerprint density at radius 2 is 1.03 bits per heavy atom. The summed E-state index contributed by atoms with van der Waals surface area (Å²) in [5.74, 6) is -1.47. The molecule has 0 aliphatic heterocycles. The molecule has 0 radical (unpaired) electrons. The summed E-state index contributed by atoms with van der Waals surface area (Å²) in [5, 5.41) is 2.66. The average molecular weight is 683 g/mol. The zero-order valence-corrected chi connectivity index (χ0v) is 24.4. The quantitative estimate of drug-likeness (QED) is 0.108. The number of ether oxygens (including phenoxy) is 4. The van der Waals surface area contributed by atoms with Crippen molar-refractivity contribution >= 4 is 71.7 Å². The van der Waals surface area contributed by atoms with Crippen molar-refractivity contribution in [3.8, 4) is 0 Å². The minimum atomic E-state index is -0.307. The van der Waals surface area contributed by atoms with Gasteiger partial charge in [-0.1, -0.05) is 79.5 Å². The fraction of sp³-hybridized carbons (Fsp3) is 0.652. The van der Waals surface area contributed by atoms with E-state index in [1.807, 2.05) is 12.2 Å². The number of alkyl halides is 3. The fourth-order valence-electron chi connectivity index (χ4n) is 1.92. The van der Waals surface area contributed by atoms with Gasteiger partial charge in [0.05, 0.1) is 34.4 Å². The summed E-state index contributed by atoms with van der Waals surface area (Å²) in [6.45, 7) is 0. The van der Waals surface area contributed by atoms with Crippen LogP contribution in [0, 0.1) is 5.92 Å². The molecule has 0 heterocycles. The Bertz CT molecular complexity index is 559. The van der Waals surface area contributed by atoms with Gasteiger partial charge >= 0.3 is 23.9 Å². The highest BCUT2D eigenvalue weighted by Crippen LogP contribution is 2.14. The minimum absolute atomic E-state index is 0. The number of carbonyl (C=O) groups is 4. The summed E-state index contributed by atoms with van der Waals surface area (Å²) in [6, 6.07) is 0. The van der Waals surface area contributed by atoms with Gasteiger partial charge in [0, 0.05) is 35.3 Å². The first-order valence-corrected chi connectivity index (χ1v) is 13.4. The first-order valence-electron chi connectivity index (χ1n) is 10.0. The molecule has 0 amide bonds. The molecule has 0 fully saturated rings. The van der Waals surface area contributed by atoms with Crippen LogP contribution in [0.4, 0.5) is 0 Å². The molecule has 0 rings (SSSR count). The predicted octanol–water partition coefficient (Wildman–Crippen LogP) is 5.54. The normalized spacial score (nSPS) is 10.6. The van der Waals surface area contributed by atoms with Crippen LogP contribution in [0.2, 0.25) is 0 Å². The van der Waals surface area contributed by atoms with E-state index in [0.717, 1.165) is 16.0 Å². The maximum Gasteiger partial charge on any atom is 0.308 e.